The molecular weight excluding hydrogens is 178 g/mol. The second-order valence-electron chi connectivity index (χ2n) is 2.31. The molecule has 0 aliphatic rings. The Morgan fingerprint density at radius 3 is 2.92 bits per heavy atom. The van der Waals surface area contributed by atoms with Crippen molar-refractivity contribution in [3.63, 3.8) is 0 Å². The fourth-order valence-corrected chi connectivity index (χ4v) is 1.18. The normalized spacial score (nSPS) is 13.5. The van der Waals surface area contributed by atoms with E-state index in [9.17, 15) is 5.11 Å². The largest absolute Gasteiger partial charge is 0.261 e. The van der Waals surface area contributed by atoms with E-state index in [0.29, 0.717) is 11.0 Å². The molecule has 0 spiro atoms. The highest BCUT2D eigenvalue weighted by molar-refractivity contribution is 6.18. The van der Waals surface area contributed by atoms with E-state index in [0.717, 1.165) is 4.68 Å². The number of hydrogen-bond donors (Lipinski definition) is 0. The van der Waals surface area contributed by atoms with Crippen LogP contribution in [0.3, 0.4) is 0 Å². The van der Waals surface area contributed by atoms with Crippen LogP contribution in [0, 0.1) is 0 Å². The third-order valence-corrected chi connectivity index (χ3v) is 1.75. The fourth-order valence-electron chi connectivity index (χ4n) is 1.04. The quantitative estimate of drug-likeness (QED) is 0.629. The summed E-state index contributed by atoms with van der Waals surface area (Å²) in [7, 11) is 0. The van der Waals surface area contributed by atoms with E-state index >= 15 is 0 Å². The van der Waals surface area contributed by atoms with E-state index in [2.05, 4.69) is 10.3 Å². The predicted octanol–water partition coefficient (Wildman–Crippen LogP) is 1.56. The molecule has 5 heteroatoms. The lowest BCUT2D eigenvalue weighted by Gasteiger charge is -1.98. The van der Waals surface area contributed by atoms with Gasteiger partial charge in [-0.2, -0.15) is 9.79 Å². The number of alkyl halides is 1. The summed E-state index contributed by atoms with van der Waals surface area (Å²) in [5.41, 5.74) is -0.0658. The molecule has 0 N–H and O–H groups in total. The Kier molecular flexibility index (Phi) is 1.71. The zero-order valence-corrected chi connectivity index (χ0v) is 6.77. The molecule has 0 aliphatic heterocycles. The molecule has 1 radical (unpaired) electrons. The average Bonchev–Trinajstić information content (AvgIpc) is 2.47. The van der Waals surface area contributed by atoms with Crippen molar-refractivity contribution >= 4 is 22.6 Å². The number of benzene rings is 1. The Morgan fingerprint density at radius 2 is 2.17 bits per heavy atom. The van der Waals surface area contributed by atoms with Crippen LogP contribution in [-0.2, 0) is 5.11 Å². The summed E-state index contributed by atoms with van der Waals surface area (Å²) in [5, 5.41) is 18.2. The fraction of sp³-hybridized carbons (Fsp3) is 0.143. The second-order valence-corrected chi connectivity index (χ2v) is 2.69. The highest BCUT2D eigenvalue weighted by atomic mass is 35.5. The van der Waals surface area contributed by atoms with Crippen LogP contribution in [0.15, 0.2) is 24.3 Å². The Morgan fingerprint density at radius 1 is 1.42 bits per heavy atom. The van der Waals surface area contributed by atoms with Gasteiger partial charge in [-0.1, -0.05) is 28.9 Å². The summed E-state index contributed by atoms with van der Waals surface area (Å²) in [5.74, 6) is 0. The van der Waals surface area contributed by atoms with Gasteiger partial charge in [0.05, 0.1) is 5.52 Å². The van der Waals surface area contributed by atoms with Crippen LogP contribution in [0.1, 0.15) is 5.69 Å². The van der Waals surface area contributed by atoms with Gasteiger partial charge < -0.3 is 0 Å². The maximum absolute atomic E-state index is 10.8. The van der Waals surface area contributed by atoms with Crippen molar-refractivity contribution in [2.75, 3.05) is 0 Å². The van der Waals surface area contributed by atoms with Crippen molar-refractivity contribution in [1.29, 1.82) is 0 Å². The van der Waals surface area contributed by atoms with E-state index in [-0.39, 0.29) is 0 Å². The highest BCUT2D eigenvalue weighted by Gasteiger charge is 2.09. The van der Waals surface area contributed by atoms with Crippen LogP contribution in [0.25, 0.3) is 11.0 Å². The first-order valence-corrected chi connectivity index (χ1v) is 3.82. The van der Waals surface area contributed by atoms with E-state index in [1.165, 1.54) is 0 Å². The van der Waals surface area contributed by atoms with E-state index < -0.39 is 5.69 Å². The van der Waals surface area contributed by atoms with Gasteiger partial charge in [0.2, 0.25) is 0 Å². The summed E-state index contributed by atoms with van der Waals surface area (Å²) in [6.45, 7) is 0. The number of aromatic nitrogens is 3. The van der Waals surface area contributed by atoms with Gasteiger partial charge in [-0.15, -0.1) is 5.10 Å². The third kappa shape index (κ3) is 1.05. The van der Waals surface area contributed by atoms with Crippen LogP contribution in [0.5, 0.6) is 0 Å². The lowest BCUT2D eigenvalue weighted by molar-refractivity contribution is 0.0923. The molecule has 61 valence electrons. The van der Waals surface area contributed by atoms with Crippen molar-refractivity contribution in [2.45, 2.75) is 5.69 Å². The van der Waals surface area contributed by atoms with Gasteiger partial charge in [-0.25, -0.2) is 0 Å². The average molecular weight is 183 g/mol. The van der Waals surface area contributed by atoms with Gasteiger partial charge in [0.1, 0.15) is 5.52 Å². The second kappa shape index (κ2) is 2.73. The topological polar surface area (TPSA) is 50.6 Å². The van der Waals surface area contributed by atoms with Gasteiger partial charge in [0.15, 0.2) is 0 Å². The summed E-state index contributed by atoms with van der Waals surface area (Å²) < 4.78 is 1.14. The molecule has 0 bridgehead atoms. The lowest BCUT2D eigenvalue weighted by Crippen LogP contribution is -2.01. The molecular formula is C7H5ClN3O. The monoisotopic (exact) mass is 182 g/mol. The van der Waals surface area contributed by atoms with Gasteiger partial charge in [-0.05, 0) is 12.1 Å². The Balaban J connectivity index is 2.70. The number of fused-ring (bicyclic) bond motifs is 1. The molecule has 4 nitrogen and oxygen atoms in total. The van der Waals surface area contributed by atoms with Crippen molar-refractivity contribution in [3.05, 3.63) is 24.3 Å². The van der Waals surface area contributed by atoms with Gasteiger partial charge >= 0.3 is 0 Å². The zero-order valence-electron chi connectivity index (χ0n) is 6.01. The van der Waals surface area contributed by atoms with Crippen LogP contribution in [0.2, 0.25) is 0 Å². The van der Waals surface area contributed by atoms with Crippen molar-refractivity contribution < 1.29 is 5.11 Å². The van der Waals surface area contributed by atoms with Gasteiger partial charge in [0.25, 0.3) is 5.69 Å². The Bertz CT molecular complexity index is 398. The SMILES string of the molecule is [O]C(Cl)n1nnc2ccccc21. The van der Waals surface area contributed by atoms with E-state index in [1.54, 1.807) is 12.1 Å². The molecule has 2 rings (SSSR count). The molecule has 1 unspecified atom stereocenters. The smallest absolute Gasteiger partial charge is 0.199 e. The van der Waals surface area contributed by atoms with Crippen LogP contribution >= 0.6 is 11.6 Å². The summed E-state index contributed by atoms with van der Waals surface area (Å²) in [4.78, 5) is 0. The minimum Gasteiger partial charge on any atom is -0.199 e. The first kappa shape index (κ1) is 7.52. The molecule has 1 aromatic heterocycles. The van der Waals surface area contributed by atoms with Gasteiger partial charge in [-0.3, -0.25) is 0 Å². The molecule has 1 heterocycles. The molecule has 12 heavy (non-hydrogen) atoms. The van der Waals surface area contributed by atoms with E-state index in [1.807, 2.05) is 12.1 Å². The van der Waals surface area contributed by atoms with Crippen molar-refractivity contribution in [3.8, 4) is 0 Å². The lowest BCUT2D eigenvalue weighted by atomic mass is 10.3. The molecule has 1 aromatic carbocycles. The molecule has 0 aliphatic carbocycles. The summed E-state index contributed by atoms with van der Waals surface area (Å²) >= 11 is 5.33. The first-order valence-electron chi connectivity index (χ1n) is 3.39. The molecule has 0 saturated heterocycles. The van der Waals surface area contributed by atoms with Crippen molar-refractivity contribution in [1.82, 2.24) is 15.0 Å². The molecule has 1 atom stereocenters. The predicted molar refractivity (Wildman–Crippen MR) is 43.1 cm³/mol. The summed E-state index contributed by atoms with van der Waals surface area (Å²) in [6, 6.07) is 7.16. The first-order chi connectivity index (χ1) is 5.79. The number of nitrogens with zero attached hydrogens (tertiary/aromatic N) is 3. The minimum absolute atomic E-state index is 0.660. The van der Waals surface area contributed by atoms with Crippen LogP contribution in [-0.4, -0.2) is 15.0 Å². The Labute approximate surface area is 73.4 Å². The standard InChI is InChI=1S/C7H5ClN3O/c8-7(12)11-6-4-2-1-3-5(6)9-10-11/h1-4,7H. The van der Waals surface area contributed by atoms with Crippen molar-refractivity contribution in [2.24, 2.45) is 0 Å². The molecule has 2 aromatic rings. The van der Waals surface area contributed by atoms with Crippen LogP contribution < -0.4 is 0 Å². The number of hydrogen-bond acceptors (Lipinski definition) is 2. The number of rotatable bonds is 1. The Hall–Kier alpha value is -1.13. The van der Waals surface area contributed by atoms with Crippen LogP contribution in [0.4, 0.5) is 0 Å². The molecule has 0 fully saturated rings. The maximum atomic E-state index is 10.8. The maximum Gasteiger partial charge on any atom is 0.261 e. The molecule has 0 amide bonds. The van der Waals surface area contributed by atoms with Gasteiger partial charge in [0, 0.05) is 0 Å². The molecule has 0 saturated carbocycles. The number of halogens is 1. The van der Waals surface area contributed by atoms with E-state index in [4.69, 9.17) is 11.6 Å². The highest BCUT2D eigenvalue weighted by Crippen LogP contribution is 2.15. The minimum atomic E-state index is -1.41. The third-order valence-electron chi connectivity index (χ3n) is 1.57. The number of para-hydroxylation sites is 1. The summed E-state index contributed by atoms with van der Waals surface area (Å²) in [6.07, 6.45) is 0. The zero-order chi connectivity index (χ0) is 8.55.